The molecule has 0 saturated heterocycles. The first-order valence-electron chi connectivity index (χ1n) is 3.62. The maximum Gasteiger partial charge on any atom is 0.359 e. The highest BCUT2D eigenvalue weighted by molar-refractivity contribution is 9.10. The fourth-order valence-corrected chi connectivity index (χ4v) is 1.30. The molecule has 0 amide bonds. The quantitative estimate of drug-likeness (QED) is 0.749. The topological polar surface area (TPSA) is 44.1 Å². The highest BCUT2D eigenvalue weighted by Crippen LogP contribution is 2.20. The van der Waals surface area contributed by atoms with Crippen LogP contribution in [0.25, 0.3) is 0 Å². The third-order valence-electron chi connectivity index (χ3n) is 1.51. The number of aromatic nitrogens is 2. The number of halogens is 2. The third-order valence-corrected chi connectivity index (χ3v) is 2.22. The van der Waals surface area contributed by atoms with Crippen LogP contribution in [0.5, 0.6) is 0 Å². The molecular weight excluding hydrogens is 243 g/mol. The van der Waals surface area contributed by atoms with Crippen LogP contribution in [-0.4, -0.2) is 22.9 Å². The average Bonchev–Trinajstić information content (AvgIpc) is 2.43. The van der Waals surface area contributed by atoms with E-state index in [2.05, 4.69) is 25.8 Å². The van der Waals surface area contributed by atoms with Crippen molar-refractivity contribution in [1.82, 2.24) is 9.78 Å². The lowest BCUT2D eigenvalue weighted by Gasteiger charge is -1.93. The Labute approximate surface area is 82.8 Å². The van der Waals surface area contributed by atoms with E-state index >= 15 is 0 Å². The summed E-state index contributed by atoms with van der Waals surface area (Å²) in [7, 11) is 1.22. The molecule has 13 heavy (non-hydrogen) atoms. The van der Waals surface area contributed by atoms with E-state index in [0.29, 0.717) is 6.54 Å². The van der Waals surface area contributed by atoms with Gasteiger partial charge in [0, 0.05) is 6.54 Å². The number of carbonyl (C=O) groups is 1. The van der Waals surface area contributed by atoms with Crippen LogP contribution in [0.1, 0.15) is 17.4 Å². The normalized spacial score (nSPS) is 10.2. The number of methoxy groups -OCH3 is 1. The van der Waals surface area contributed by atoms with Crippen LogP contribution in [0.3, 0.4) is 0 Å². The summed E-state index contributed by atoms with van der Waals surface area (Å²) >= 11 is 2.92. The van der Waals surface area contributed by atoms with Crippen LogP contribution in [0.4, 0.5) is 4.39 Å². The van der Waals surface area contributed by atoms with Gasteiger partial charge in [0.1, 0.15) is 4.47 Å². The number of hydrogen-bond acceptors (Lipinski definition) is 3. The molecule has 1 heterocycles. The molecule has 72 valence electrons. The summed E-state index contributed by atoms with van der Waals surface area (Å²) in [6, 6.07) is 0. The zero-order chi connectivity index (χ0) is 10.0. The average molecular weight is 251 g/mol. The number of nitrogens with zero attached hydrogens (tertiary/aromatic N) is 2. The second-order valence-electron chi connectivity index (χ2n) is 2.26. The second kappa shape index (κ2) is 3.87. The minimum absolute atomic E-state index is 0.0400. The van der Waals surface area contributed by atoms with Gasteiger partial charge in [-0.15, -0.1) is 0 Å². The second-order valence-corrected chi connectivity index (χ2v) is 3.05. The van der Waals surface area contributed by atoms with Gasteiger partial charge in [-0.05, 0) is 22.9 Å². The van der Waals surface area contributed by atoms with Crippen LogP contribution in [0.2, 0.25) is 0 Å². The van der Waals surface area contributed by atoms with Gasteiger partial charge in [0.25, 0.3) is 0 Å². The van der Waals surface area contributed by atoms with Crippen LogP contribution in [0.15, 0.2) is 4.47 Å². The van der Waals surface area contributed by atoms with Gasteiger partial charge in [-0.1, -0.05) is 0 Å². The van der Waals surface area contributed by atoms with Gasteiger partial charge in [0.15, 0.2) is 5.69 Å². The van der Waals surface area contributed by atoms with Gasteiger partial charge in [-0.25, -0.2) is 9.48 Å². The summed E-state index contributed by atoms with van der Waals surface area (Å²) < 4.78 is 18.7. The van der Waals surface area contributed by atoms with E-state index in [1.165, 1.54) is 7.11 Å². The Morgan fingerprint density at radius 3 is 2.77 bits per heavy atom. The fraction of sp³-hybridized carbons (Fsp3) is 0.429. The standard InChI is InChI=1S/C7H8BrFN2O2/c1-3-11-6(9)4(8)5(10-11)7(12)13-2/h3H2,1-2H3. The first-order valence-corrected chi connectivity index (χ1v) is 4.41. The van der Waals surface area contributed by atoms with E-state index in [0.717, 1.165) is 4.68 Å². The van der Waals surface area contributed by atoms with Crippen molar-refractivity contribution in [3.05, 3.63) is 16.1 Å². The van der Waals surface area contributed by atoms with E-state index in [1.807, 2.05) is 0 Å². The summed E-state index contributed by atoms with van der Waals surface area (Å²) in [6.45, 7) is 2.09. The van der Waals surface area contributed by atoms with Crippen molar-refractivity contribution in [2.75, 3.05) is 7.11 Å². The largest absolute Gasteiger partial charge is 0.464 e. The van der Waals surface area contributed by atoms with E-state index in [1.54, 1.807) is 6.92 Å². The van der Waals surface area contributed by atoms with Crippen molar-refractivity contribution >= 4 is 21.9 Å². The SMILES string of the molecule is CCn1nc(C(=O)OC)c(Br)c1F. The number of esters is 1. The highest BCUT2D eigenvalue weighted by atomic mass is 79.9. The summed E-state index contributed by atoms with van der Waals surface area (Å²) in [5.41, 5.74) is -0.0400. The molecule has 1 rings (SSSR count). The molecule has 0 unspecified atom stereocenters. The van der Waals surface area contributed by atoms with Crippen molar-refractivity contribution in [1.29, 1.82) is 0 Å². The predicted octanol–water partition coefficient (Wildman–Crippen LogP) is 1.59. The predicted molar refractivity (Wildman–Crippen MR) is 46.9 cm³/mol. The minimum atomic E-state index is -0.655. The maximum atomic E-state index is 13.2. The molecule has 0 spiro atoms. The molecule has 0 aromatic carbocycles. The molecule has 0 N–H and O–H groups in total. The molecule has 1 aromatic rings. The van der Waals surface area contributed by atoms with Crippen LogP contribution < -0.4 is 0 Å². The summed E-state index contributed by atoms with van der Waals surface area (Å²) in [4.78, 5) is 11.0. The van der Waals surface area contributed by atoms with Gasteiger partial charge in [0.05, 0.1) is 7.11 Å². The first kappa shape index (κ1) is 10.2. The Bertz CT molecular complexity index is 337. The molecular formula is C7H8BrFN2O2. The van der Waals surface area contributed by atoms with Crippen molar-refractivity contribution in [3.8, 4) is 0 Å². The number of rotatable bonds is 2. The van der Waals surface area contributed by atoms with Gasteiger partial charge in [0.2, 0.25) is 5.95 Å². The minimum Gasteiger partial charge on any atom is -0.464 e. The molecule has 0 radical (unpaired) electrons. The number of ether oxygens (including phenoxy) is 1. The Kier molecular flexibility index (Phi) is 3.02. The monoisotopic (exact) mass is 250 g/mol. The van der Waals surface area contributed by atoms with Crippen molar-refractivity contribution < 1.29 is 13.9 Å². The Hall–Kier alpha value is -0.910. The van der Waals surface area contributed by atoms with E-state index < -0.39 is 11.9 Å². The highest BCUT2D eigenvalue weighted by Gasteiger charge is 2.20. The zero-order valence-corrected chi connectivity index (χ0v) is 8.76. The third kappa shape index (κ3) is 1.72. The molecule has 1 aromatic heterocycles. The van der Waals surface area contributed by atoms with E-state index in [9.17, 15) is 9.18 Å². The van der Waals surface area contributed by atoms with Gasteiger partial charge < -0.3 is 4.74 Å². The van der Waals surface area contributed by atoms with Crippen LogP contribution >= 0.6 is 15.9 Å². The van der Waals surface area contributed by atoms with Crippen molar-refractivity contribution in [2.45, 2.75) is 13.5 Å². The van der Waals surface area contributed by atoms with Crippen LogP contribution in [0, 0.1) is 5.95 Å². The lowest BCUT2D eigenvalue weighted by molar-refractivity contribution is 0.0592. The van der Waals surface area contributed by atoms with Crippen molar-refractivity contribution in [3.63, 3.8) is 0 Å². The summed E-state index contributed by atoms with van der Waals surface area (Å²) in [5.74, 6) is -1.22. The zero-order valence-electron chi connectivity index (χ0n) is 7.17. The Morgan fingerprint density at radius 1 is 1.77 bits per heavy atom. The first-order chi connectivity index (χ1) is 6.11. The van der Waals surface area contributed by atoms with Crippen LogP contribution in [-0.2, 0) is 11.3 Å². The Morgan fingerprint density at radius 2 is 2.38 bits per heavy atom. The molecule has 6 heteroatoms. The number of carbonyl (C=O) groups excluding carboxylic acids is 1. The van der Waals surface area contributed by atoms with E-state index in [-0.39, 0.29) is 10.2 Å². The molecule has 0 atom stereocenters. The Balaban J connectivity index is 3.17. The molecule has 0 saturated carbocycles. The number of aryl methyl sites for hydroxylation is 1. The summed E-state index contributed by atoms with van der Waals surface area (Å²) in [5, 5.41) is 3.72. The van der Waals surface area contributed by atoms with Crippen molar-refractivity contribution in [2.24, 2.45) is 0 Å². The molecule has 0 aliphatic heterocycles. The number of hydrogen-bond donors (Lipinski definition) is 0. The van der Waals surface area contributed by atoms with Gasteiger partial charge in [-0.3, -0.25) is 0 Å². The maximum absolute atomic E-state index is 13.2. The smallest absolute Gasteiger partial charge is 0.359 e. The fourth-order valence-electron chi connectivity index (χ4n) is 0.856. The molecule has 0 fully saturated rings. The van der Waals surface area contributed by atoms with E-state index in [4.69, 9.17) is 0 Å². The van der Waals surface area contributed by atoms with Gasteiger partial charge >= 0.3 is 5.97 Å². The lowest BCUT2D eigenvalue weighted by Crippen LogP contribution is -2.05. The summed E-state index contributed by atoms with van der Waals surface area (Å²) in [6.07, 6.45) is 0. The molecule has 0 bridgehead atoms. The molecule has 0 aliphatic carbocycles. The molecule has 0 aliphatic rings. The molecule has 4 nitrogen and oxygen atoms in total. The lowest BCUT2D eigenvalue weighted by atomic mass is 10.4. The van der Waals surface area contributed by atoms with Gasteiger partial charge in [-0.2, -0.15) is 9.49 Å².